The molecule has 0 heterocycles. The molecule has 158 valence electrons. The van der Waals surface area contributed by atoms with E-state index in [-0.39, 0.29) is 6.10 Å². The van der Waals surface area contributed by atoms with Crippen molar-refractivity contribution in [1.82, 2.24) is 0 Å². The Bertz CT molecular complexity index is 385. The van der Waals surface area contributed by atoms with E-state index in [4.69, 9.17) is 4.89 Å². The average Bonchev–Trinajstić information content (AvgIpc) is 2.74. The summed E-state index contributed by atoms with van der Waals surface area (Å²) in [4.78, 5) is 5.15. The van der Waals surface area contributed by atoms with Crippen molar-refractivity contribution in [2.24, 2.45) is 35.5 Å². The maximum Gasteiger partial charge on any atom is 0.0983 e. The van der Waals surface area contributed by atoms with Crippen molar-refractivity contribution < 1.29 is 10.1 Å². The molecule has 0 saturated heterocycles. The van der Waals surface area contributed by atoms with E-state index in [0.717, 1.165) is 23.7 Å². The summed E-state index contributed by atoms with van der Waals surface area (Å²) in [5.41, 5.74) is 0. The minimum absolute atomic E-state index is 0.119. The molecule has 0 amide bonds. The Kier molecular flexibility index (Phi) is 8.97. The van der Waals surface area contributed by atoms with E-state index in [0.29, 0.717) is 11.8 Å². The van der Waals surface area contributed by atoms with Crippen LogP contribution in [-0.4, -0.2) is 11.4 Å². The normalized spacial score (nSPS) is 39.2. The van der Waals surface area contributed by atoms with Gasteiger partial charge in [-0.05, 0) is 86.9 Å². The van der Waals surface area contributed by atoms with Gasteiger partial charge in [-0.15, -0.1) is 0 Å². The van der Waals surface area contributed by atoms with Crippen molar-refractivity contribution in [3.63, 3.8) is 0 Å². The van der Waals surface area contributed by atoms with Gasteiger partial charge in [-0.25, -0.2) is 4.89 Å². The second kappa shape index (κ2) is 11.2. The summed E-state index contributed by atoms with van der Waals surface area (Å²) in [5.74, 6) is 5.12. The lowest BCUT2D eigenvalue weighted by molar-refractivity contribution is -0.307. The highest BCUT2D eigenvalue weighted by atomic mass is 17.1. The number of rotatable bonds is 8. The molecule has 0 radical (unpaired) electrons. The van der Waals surface area contributed by atoms with Gasteiger partial charge in [0.05, 0.1) is 6.10 Å². The zero-order chi connectivity index (χ0) is 19.1. The highest BCUT2D eigenvalue weighted by molar-refractivity contribution is 4.87. The molecule has 2 nitrogen and oxygen atoms in total. The molecule has 3 rings (SSSR count). The minimum Gasteiger partial charge on any atom is -0.252 e. The summed E-state index contributed by atoms with van der Waals surface area (Å²) >= 11 is 0. The summed E-state index contributed by atoms with van der Waals surface area (Å²) in [7, 11) is 0. The van der Waals surface area contributed by atoms with Gasteiger partial charge in [-0.1, -0.05) is 65.2 Å². The zero-order valence-corrected chi connectivity index (χ0v) is 18.2. The van der Waals surface area contributed by atoms with Crippen molar-refractivity contribution in [2.45, 2.75) is 123 Å². The molecule has 0 aromatic carbocycles. The number of hydrogen-bond acceptors (Lipinski definition) is 2. The molecule has 0 aliphatic heterocycles. The Morgan fingerprint density at radius 2 is 1.19 bits per heavy atom. The van der Waals surface area contributed by atoms with Crippen LogP contribution in [0.1, 0.15) is 117 Å². The molecule has 27 heavy (non-hydrogen) atoms. The molecule has 1 atom stereocenters. The van der Waals surface area contributed by atoms with E-state index in [9.17, 15) is 5.26 Å². The summed E-state index contributed by atoms with van der Waals surface area (Å²) < 4.78 is 0. The lowest BCUT2D eigenvalue weighted by atomic mass is 9.66. The van der Waals surface area contributed by atoms with E-state index >= 15 is 0 Å². The average molecular weight is 379 g/mol. The SMILES string of the molecule is CCCCC1CCC(C(OO)C2CCC(C3CCC(CC)CC3)CC2)CC1. The Morgan fingerprint density at radius 1 is 0.704 bits per heavy atom. The van der Waals surface area contributed by atoms with Gasteiger partial charge < -0.3 is 0 Å². The molecule has 3 aliphatic rings. The number of hydrogen-bond donors (Lipinski definition) is 1. The monoisotopic (exact) mass is 378 g/mol. The van der Waals surface area contributed by atoms with Crippen molar-refractivity contribution in [1.29, 1.82) is 0 Å². The lowest BCUT2D eigenvalue weighted by Crippen LogP contribution is -2.37. The molecule has 3 aliphatic carbocycles. The van der Waals surface area contributed by atoms with Crippen LogP contribution in [0.2, 0.25) is 0 Å². The quantitative estimate of drug-likeness (QED) is 0.344. The van der Waals surface area contributed by atoms with Crippen LogP contribution < -0.4 is 0 Å². The topological polar surface area (TPSA) is 29.5 Å². The molecule has 3 fully saturated rings. The molecule has 2 heteroatoms. The van der Waals surface area contributed by atoms with E-state index in [2.05, 4.69) is 13.8 Å². The fourth-order valence-electron chi connectivity index (χ4n) is 6.87. The van der Waals surface area contributed by atoms with Crippen LogP contribution in [0.5, 0.6) is 0 Å². The zero-order valence-electron chi connectivity index (χ0n) is 18.2. The standard InChI is InChI=1S/C25H46O2/c1-3-5-6-20-9-13-23(14-10-20)25(27-26)24-17-15-22(16-18-24)21-11-7-19(4-2)8-12-21/h19-26H,3-18H2,1-2H3. The molecule has 1 N–H and O–H groups in total. The summed E-state index contributed by atoms with van der Waals surface area (Å²) in [6.45, 7) is 4.66. The Morgan fingerprint density at radius 3 is 1.67 bits per heavy atom. The molecule has 0 bridgehead atoms. The van der Waals surface area contributed by atoms with Crippen LogP contribution in [0.4, 0.5) is 0 Å². The second-order valence-electron chi connectivity index (χ2n) is 10.4. The molecule has 1 unspecified atom stereocenters. The third kappa shape index (κ3) is 5.95. The lowest BCUT2D eigenvalue weighted by Gasteiger charge is -2.41. The first-order valence-corrected chi connectivity index (χ1v) is 12.5. The molecular formula is C25H46O2. The van der Waals surface area contributed by atoms with Crippen molar-refractivity contribution in [3.8, 4) is 0 Å². The fourth-order valence-corrected chi connectivity index (χ4v) is 6.87. The molecular weight excluding hydrogens is 332 g/mol. The van der Waals surface area contributed by atoms with Gasteiger partial charge in [-0.2, -0.15) is 0 Å². The summed E-state index contributed by atoms with van der Waals surface area (Å²) in [5, 5.41) is 9.71. The van der Waals surface area contributed by atoms with Gasteiger partial charge in [0.15, 0.2) is 0 Å². The maximum absolute atomic E-state index is 9.71. The predicted octanol–water partition coefficient (Wildman–Crippen LogP) is 7.86. The highest BCUT2D eigenvalue weighted by Crippen LogP contribution is 2.45. The smallest absolute Gasteiger partial charge is 0.0983 e. The summed E-state index contributed by atoms with van der Waals surface area (Å²) in [6.07, 6.45) is 22.2. The van der Waals surface area contributed by atoms with Crippen molar-refractivity contribution >= 4 is 0 Å². The van der Waals surface area contributed by atoms with Gasteiger partial charge in [0.25, 0.3) is 0 Å². The van der Waals surface area contributed by atoms with Gasteiger partial charge in [0, 0.05) is 0 Å². The third-order valence-electron chi connectivity index (χ3n) is 8.86. The minimum atomic E-state index is 0.119. The van der Waals surface area contributed by atoms with Crippen molar-refractivity contribution in [3.05, 3.63) is 0 Å². The van der Waals surface area contributed by atoms with E-state index in [1.807, 2.05) is 0 Å². The van der Waals surface area contributed by atoms with Gasteiger partial charge in [0.1, 0.15) is 0 Å². The van der Waals surface area contributed by atoms with Crippen LogP contribution in [0.3, 0.4) is 0 Å². The number of unbranched alkanes of at least 4 members (excludes halogenated alkanes) is 1. The largest absolute Gasteiger partial charge is 0.252 e. The third-order valence-corrected chi connectivity index (χ3v) is 8.86. The molecule has 0 aromatic rings. The Hall–Kier alpha value is -0.0800. The van der Waals surface area contributed by atoms with Crippen LogP contribution in [-0.2, 0) is 4.89 Å². The first-order chi connectivity index (χ1) is 13.2. The van der Waals surface area contributed by atoms with E-state index < -0.39 is 0 Å². The Balaban J connectivity index is 1.41. The van der Waals surface area contributed by atoms with Crippen LogP contribution in [0.15, 0.2) is 0 Å². The predicted molar refractivity (Wildman–Crippen MR) is 114 cm³/mol. The van der Waals surface area contributed by atoms with Crippen LogP contribution in [0.25, 0.3) is 0 Å². The first kappa shape index (κ1) is 21.6. The molecule has 0 spiro atoms. The molecule has 0 aromatic heterocycles. The van der Waals surface area contributed by atoms with Crippen molar-refractivity contribution in [2.75, 3.05) is 0 Å². The van der Waals surface area contributed by atoms with E-state index in [1.165, 1.54) is 103 Å². The maximum atomic E-state index is 9.71. The highest BCUT2D eigenvalue weighted by Gasteiger charge is 2.37. The second-order valence-corrected chi connectivity index (χ2v) is 10.4. The van der Waals surface area contributed by atoms with Gasteiger partial charge in [0.2, 0.25) is 0 Å². The van der Waals surface area contributed by atoms with E-state index in [1.54, 1.807) is 0 Å². The molecule has 3 saturated carbocycles. The van der Waals surface area contributed by atoms with Gasteiger partial charge in [-0.3, -0.25) is 5.26 Å². The van der Waals surface area contributed by atoms with Crippen LogP contribution in [0, 0.1) is 35.5 Å². The Labute approximate surface area is 168 Å². The summed E-state index contributed by atoms with van der Waals surface area (Å²) in [6, 6.07) is 0. The van der Waals surface area contributed by atoms with Crippen LogP contribution >= 0.6 is 0 Å². The van der Waals surface area contributed by atoms with Gasteiger partial charge >= 0.3 is 0 Å². The first-order valence-electron chi connectivity index (χ1n) is 12.5. The fraction of sp³-hybridized carbons (Fsp3) is 1.00.